The van der Waals surface area contributed by atoms with Gasteiger partial charge in [0, 0.05) is 36.9 Å². The van der Waals surface area contributed by atoms with E-state index in [-0.39, 0.29) is 0 Å². The first-order chi connectivity index (χ1) is 9.86. The predicted octanol–water partition coefficient (Wildman–Crippen LogP) is 0.479. The highest BCUT2D eigenvalue weighted by molar-refractivity contribution is 8.01. The molecule has 1 saturated heterocycles. The number of benzene rings is 1. The second kappa shape index (κ2) is 6.58. The summed E-state index contributed by atoms with van der Waals surface area (Å²) >= 11 is 5.83. The number of hydrogen-bond donors (Lipinski definition) is 3. The second-order valence-electron chi connectivity index (χ2n) is 4.45. The molecule has 2 rings (SSSR count). The summed E-state index contributed by atoms with van der Waals surface area (Å²) in [5, 5.41) is 0.838. The van der Waals surface area contributed by atoms with Gasteiger partial charge in [0.05, 0.1) is 0 Å². The van der Waals surface area contributed by atoms with Crippen molar-refractivity contribution in [2.75, 3.05) is 31.1 Å². The number of carbonyl (C=O) groups is 1. The summed E-state index contributed by atoms with van der Waals surface area (Å²) < 4.78 is 29.6. The minimum atomic E-state index is -4.72. The number of hydrazine groups is 2. The monoisotopic (exact) mass is 334 g/mol. The SMILES string of the molecule is O=C(NNN1CCN(c2ccc(Cl)cc2)CC1)S(=O)(=O)O. The molecule has 1 fully saturated rings. The van der Waals surface area contributed by atoms with Crippen molar-refractivity contribution in [3.8, 4) is 0 Å². The molecule has 0 saturated carbocycles. The molecular weight excluding hydrogens is 320 g/mol. The van der Waals surface area contributed by atoms with Crippen LogP contribution in [0.25, 0.3) is 0 Å². The van der Waals surface area contributed by atoms with Gasteiger partial charge in [-0.25, -0.2) is 5.01 Å². The first kappa shape index (κ1) is 16.0. The maximum atomic E-state index is 11.0. The molecule has 0 unspecified atom stereocenters. The minimum Gasteiger partial charge on any atom is -0.369 e. The van der Waals surface area contributed by atoms with Crippen LogP contribution in [0.4, 0.5) is 10.5 Å². The van der Waals surface area contributed by atoms with E-state index in [0.29, 0.717) is 31.2 Å². The first-order valence-corrected chi connectivity index (χ1v) is 7.96. The van der Waals surface area contributed by atoms with Crippen molar-refractivity contribution in [1.82, 2.24) is 16.0 Å². The number of carbonyl (C=O) groups excluding carboxylic acids is 1. The molecule has 3 N–H and O–H groups in total. The largest absolute Gasteiger partial charge is 0.378 e. The van der Waals surface area contributed by atoms with Gasteiger partial charge in [0.2, 0.25) is 0 Å². The third-order valence-electron chi connectivity index (χ3n) is 3.02. The van der Waals surface area contributed by atoms with Crippen LogP contribution in [-0.2, 0) is 10.1 Å². The van der Waals surface area contributed by atoms with Crippen molar-refractivity contribution in [2.24, 2.45) is 0 Å². The van der Waals surface area contributed by atoms with Gasteiger partial charge in [-0.15, -0.1) is 0 Å². The van der Waals surface area contributed by atoms with E-state index in [4.69, 9.17) is 16.2 Å². The third kappa shape index (κ3) is 4.55. The molecule has 0 bridgehead atoms. The fourth-order valence-corrected chi connectivity index (χ4v) is 2.22. The Morgan fingerprint density at radius 2 is 1.71 bits per heavy atom. The van der Waals surface area contributed by atoms with E-state index in [9.17, 15) is 13.2 Å². The summed E-state index contributed by atoms with van der Waals surface area (Å²) in [6, 6.07) is 7.47. The van der Waals surface area contributed by atoms with Gasteiger partial charge < -0.3 is 4.90 Å². The van der Waals surface area contributed by atoms with Crippen molar-refractivity contribution in [2.45, 2.75) is 0 Å². The fraction of sp³-hybridized carbons (Fsp3) is 0.364. The van der Waals surface area contributed by atoms with Crippen LogP contribution in [0, 0.1) is 0 Å². The van der Waals surface area contributed by atoms with Crippen LogP contribution >= 0.6 is 11.6 Å². The van der Waals surface area contributed by atoms with Crippen LogP contribution in [0.3, 0.4) is 0 Å². The lowest BCUT2D eigenvalue weighted by Gasteiger charge is -2.35. The van der Waals surface area contributed by atoms with Crippen LogP contribution in [0.5, 0.6) is 0 Å². The highest BCUT2D eigenvalue weighted by atomic mass is 35.5. The molecule has 1 aliphatic rings. The summed E-state index contributed by atoms with van der Waals surface area (Å²) in [4.78, 5) is 13.1. The smallest absolute Gasteiger partial charge is 0.369 e. The number of amides is 1. The number of nitrogens with zero attached hydrogens (tertiary/aromatic N) is 2. The summed E-state index contributed by atoms with van der Waals surface area (Å²) in [6.45, 7) is 2.51. The Labute approximate surface area is 127 Å². The van der Waals surface area contributed by atoms with Crippen LogP contribution in [0.15, 0.2) is 24.3 Å². The summed E-state index contributed by atoms with van der Waals surface area (Å²) in [7, 11) is -4.72. The zero-order valence-corrected chi connectivity index (χ0v) is 12.6. The Morgan fingerprint density at radius 1 is 1.14 bits per heavy atom. The van der Waals surface area contributed by atoms with Crippen molar-refractivity contribution in [1.29, 1.82) is 0 Å². The van der Waals surface area contributed by atoms with Crippen molar-refractivity contribution < 1.29 is 17.8 Å². The van der Waals surface area contributed by atoms with Gasteiger partial charge in [-0.05, 0) is 24.3 Å². The van der Waals surface area contributed by atoms with E-state index < -0.39 is 15.4 Å². The quantitative estimate of drug-likeness (QED) is 0.546. The average molecular weight is 335 g/mol. The van der Waals surface area contributed by atoms with Gasteiger partial charge >= 0.3 is 15.4 Å². The summed E-state index contributed by atoms with van der Waals surface area (Å²) in [5.74, 6) is 0. The molecule has 0 aromatic heterocycles. The molecule has 0 aliphatic carbocycles. The lowest BCUT2D eigenvalue weighted by Crippen LogP contribution is -2.57. The van der Waals surface area contributed by atoms with E-state index in [1.807, 2.05) is 29.7 Å². The van der Waals surface area contributed by atoms with Gasteiger partial charge in [-0.3, -0.25) is 14.8 Å². The molecular formula is C11H15ClN4O4S. The fourth-order valence-electron chi connectivity index (χ4n) is 1.92. The number of nitrogens with one attached hydrogen (secondary N) is 2. The molecule has 21 heavy (non-hydrogen) atoms. The second-order valence-corrected chi connectivity index (χ2v) is 6.21. The molecule has 10 heteroatoms. The van der Waals surface area contributed by atoms with Crippen molar-refractivity contribution in [3.05, 3.63) is 29.3 Å². The van der Waals surface area contributed by atoms with Crippen LogP contribution in [0.2, 0.25) is 5.02 Å². The molecule has 1 aliphatic heterocycles. The van der Waals surface area contributed by atoms with Crippen LogP contribution in [0.1, 0.15) is 0 Å². The van der Waals surface area contributed by atoms with Crippen molar-refractivity contribution in [3.63, 3.8) is 0 Å². The highest BCUT2D eigenvalue weighted by Gasteiger charge is 2.21. The minimum absolute atomic E-state index is 0.564. The van der Waals surface area contributed by atoms with Crippen molar-refractivity contribution >= 4 is 32.6 Å². The molecule has 1 aromatic carbocycles. The molecule has 0 radical (unpaired) electrons. The number of halogens is 1. The molecule has 1 aromatic rings. The van der Waals surface area contributed by atoms with Crippen LogP contribution in [-0.4, -0.2) is 49.4 Å². The lowest BCUT2D eigenvalue weighted by atomic mass is 10.2. The van der Waals surface area contributed by atoms with E-state index in [2.05, 4.69) is 10.4 Å². The predicted molar refractivity (Wildman–Crippen MR) is 78.5 cm³/mol. The maximum Gasteiger partial charge on any atom is 0.378 e. The topological polar surface area (TPSA) is 102 Å². The molecule has 8 nitrogen and oxygen atoms in total. The third-order valence-corrected chi connectivity index (χ3v) is 3.84. The number of piperazine rings is 1. The maximum absolute atomic E-state index is 11.0. The molecule has 0 spiro atoms. The Kier molecular flexibility index (Phi) is 5.01. The normalized spacial score (nSPS) is 16.8. The van der Waals surface area contributed by atoms with E-state index in [1.54, 1.807) is 5.01 Å². The van der Waals surface area contributed by atoms with Gasteiger partial charge in [0.1, 0.15) is 0 Å². The van der Waals surface area contributed by atoms with E-state index >= 15 is 0 Å². The van der Waals surface area contributed by atoms with Gasteiger partial charge in [-0.1, -0.05) is 11.6 Å². The van der Waals surface area contributed by atoms with E-state index in [1.165, 1.54) is 0 Å². The Morgan fingerprint density at radius 3 is 2.24 bits per heavy atom. The Balaban J connectivity index is 1.81. The first-order valence-electron chi connectivity index (χ1n) is 6.15. The zero-order valence-electron chi connectivity index (χ0n) is 11.0. The van der Waals surface area contributed by atoms with E-state index in [0.717, 1.165) is 5.69 Å². The lowest BCUT2D eigenvalue weighted by molar-refractivity contribution is 0.150. The number of hydrogen-bond acceptors (Lipinski definition) is 6. The Bertz CT molecular complexity index is 599. The number of anilines is 1. The van der Waals surface area contributed by atoms with Gasteiger partial charge in [-0.2, -0.15) is 14.0 Å². The zero-order chi connectivity index (χ0) is 15.5. The summed E-state index contributed by atoms with van der Waals surface area (Å²) in [6.07, 6.45) is 0. The summed E-state index contributed by atoms with van der Waals surface area (Å²) in [5.41, 5.74) is 5.42. The van der Waals surface area contributed by atoms with Crippen LogP contribution < -0.4 is 15.9 Å². The standard InChI is InChI=1S/C11H15ClN4O4S/c12-9-1-3-10(4-2-9)15-5-7-16(8-6-15)14-13-11(17)21(18,19)20/h1-4,14H,5-8H2,(H,13,17)(H,18,19,20). The molecule has 1 heterocycles. The highest BCUT2D eigenvalue weighted by Crippen LogP contribution is 2.18. The molecule has 1 amide bonds. The molecule has 0 atom stereocenters. The average Bonchev–Trinajstić information content (AvgIpc) is 2.45. The van der Waals surface area contributed by atoms with Gasteiger partial charge in [0.15, 0.2) is 0 Å². The number of rotatable bonds is 3. The van der Waals surface area contributed by atoms with Gasteiger partial charge in [0.25, 0.3) is 0 Å². The molecule has 116 valence electrons. The Hall–Kier alpha value is -1.39.